The summed E-state index contributed by atoms with van der Waals surface area (Å²) in [5.41, 5.74) is 2.61. The fourth-order valence-electron chi connectivity index (χ4n) is 7.68. The molecule has 0 aliphatic heterocycles. The van der Waals surface area contributed by atoms with Crippen LogP contribution in [0.15, 0.2) is 70.5 Å². The van der Waals surface area contributed by atoms with Crippen LogP contribution in [0.4, 0.5) is 0 Å². The summed E-state index contributed by atoms with van der Waals surface area (Å²) in [5.74, 6) is 0. The second kappa shape index (κ2) is 20.4. The molecule has 0 aliphatic carbocycles. The van der Waals surface area contributed by atoms with Crippen molar-refractivity contribution in [3.63, 3.8) is 0 Å². The molecule has 0 aliphatic rings. The fraction of sp³-hybridized carbons (Fsp3) is 0.458. The first-order chi connectivity index (χ1) is 25.6. The Balaban J connectivity index is 1.14. The van der Waals surface area contributed by atoms with Gasteiger partial charge in [0.1, 0.15) is 0 Å². The maximum absolute atomic E-state index is 2.46. The first-order valence-corrected chi connectivity index (χ1v) is 24.4. The molecule has 0 saturated carbocycles. The molecule has 4 aromatic carbocycles. The molecule has 0 spiro atoms. The Bertz CT molecular complexity index is 1910. The molecule has 276 valence electrons. The maximum Gasteiger partial charge on any atom is 0.0352 e. The molecule has 0 amide bonds. The van der Waals surface area contributed by atoms with Gasteiger partial charge in [0.05, 0.1) is 0 Å². The zero-order valence-electron chi connectivity index (χ0n) is 32.3. The minimum absolute atomic E-state index is 1.22. The predicted molar refractivity (Wildman–Crippen MR) is 244 cm³/mol. The minimum Gasteiger partial charge on any atom is -0.140 e. The number of aryl methyl sites for hydroxylation is 2. The van der Waals surface area contributed by atoms with Gasteiger partial charge in [0.15, 0.2) is 0 Å². The van der Waals surface area contributed by atoms with Gasteiger partial charge in [0.2, 0.25) is 0 Å². The van der Waals surface area contributed by atoms with Crippen LogP contribution in [0.2, 0.25) is 0 Å². The molecule has 0 bridgehead atoms. The van der Waals surface area contributed by atoms with Crippen molar-refractivity contribution < 1.29 is 0 Å². The van der Waals surface area contributed by atoms with Crippen molar-refractivity contribution in [2.45, 2.75) is 139 Å². The van der Waals surface area contributed by atoms with Gasteiger partial charge in [-0.15, -0.1) is 46.2 Å². The summed E-state index contributed by atoms with van der Waals surface area (Å²) < 4.78 is 2.86. The zero-order chi connectivity index (χ0) is 36.1. The Labute approximate surface area is 331 Å². The number of thiophene rings is 2. The monoisotopic (exact) mass is 764 g/mol. The van der Waals surface area contributed by atoms with Crippen LogP contribution >= 0.6 is 46.2 Å². The van der Waals surface area contributed by atoms with Crippen LogP contribution in [-0.2, 0) is 12.8 Å². The van der Waals surface area contributed by atoms with Crippen LogP contribution < -0.4 is 0 Å². The van der Waals surface area contributed by atoms with Gasteiger partial charge in [-0.3, -0.25) is 0 Å². The molecular weight excluding hydrogens is 705 g/mol. The predicted octanol–water partition coefficient (Wildman–Crippen LogP) is 17.4. The minimum atomic E-state index is 1.22. The highest BCUT2D eigenvalue weighted by Crippen LogP contribution is 2.37. The summed E-state index contributed by atoms with van der Waals surface area (Å²) in [5, 5.41) is 8.19. The first kappa shape index (κ1) is 39.5. The quantitative estimate of drug-likeness (QED) is 0.0384. The lowest BCUT2D eigenvalue weighted by molar-refractivity contribution is 0.576. The Hall–Kier alpha value is -2.24. The smallest absolute Gasteiger partial charge is 0.0352 e. The zero-order valence-corrected chi connectivity index (χ0v) is 35.6. The number of benzene rings is 4. The van der Waals surface area contributed by atoms with E-state index in [0.717, 1.165) is 0 Å². The highest BCUT2D eigenvalue weighted by Gasteiger charge is 2.10. The average molecular weight is 765 g/mol. The fourth-order valence-corrected chi connectivity index (χ4v) is 11.2. The van der Waals surface area contributed by atoms with Crippen molar-refractivity contribution in [1.29, 1.82) is 0 Å². The number of hydrogen-bond acceptors (Lipinski definition) is 4. The Kier molecular flexibility index (Phi) is 15.5. The van der Waals surface area contributed by atoms with Crippen molar-refractivity contribution in [2.75, 3.05) is 12.5 Å². The lowest BCUT2D eigenvalue weighted by Crippen LogP contribution is -1.84. The van der Waals surface area contributed by atoms with Gasteiger partial charge < -0.3 is 0 Å². The van der Waals surface area contributed by atoms with Crippen molar-refractivity contribution in [3.8, 4) is 0 Å². The van der Waals surface area contributed by atoms with E-state index in [9.17, 15) is 0 Å². The van der Waals surface area contributed by atoms with Gasteiger partial charge in [-0.25, -0.2) is 0 Å². The lowest BCUT2D eigenvalue weighted by atomic mass is 10.0. The van der Waals surface area contributed by atoms with E-state index in [1.54, 1.807) is 9.75 Å². The van der Waals surface area contributed by atoms with Crippen molar-refractivity contribution in [3.05, 3.63) is 81.5 Å². The molecule has 2 aromatic heterocycles. The van der Waals surface area contributed by atoms with Crippen LogP contribution in [0.25, 0.3) is 53.9 Å². The topological polar surface area (TPSA) is 0 Å². The largest absolute Gasteiger partial charge is 0.140 e. The molecule has 0 nitrogen and oxygen atoms in total. The molecule has 2 heterocycles. The lowest BCUT2D eigenvalue weighted by Gasteiger charge is -2.09. The third-order valence-electron chi connectivity index (χ3n) is 10.7. The normalized spacial score (nSPS) is 12.2. The summed E-state index contributed by atoms with van der Waals surface area (Å²) in [4.78, 5) is 5.77. The summed E-state index contributed by atoms with van der Waals surface area (Å²) >= 11 is 7.72. The van der Waals surface area contributed by atoms with Crippen LogP contribution in [0, 0.1) is 0 Å². The molecular formula is C48H60S4. The maximum atomic E-state index is 2.46. The second-order valence-corrected chi connectivity index (χ2v) is 18.9. The highest BCUT2D eigenvalue weighted by atomic mass is 32.2. The van der Waals surface area contributed by atoms with Crippen molar-refractivity contribution >= 4 is 100 Å². The van der Waals surface area contributed by atoms with Gasteiger partial charge in [-0.1, -0.05) is 116 Å². The average Bonchev–Trinajstić information content (AvgIpc) is 3.75. The van der Waals surface area contributed by atoms with E-state index in [1.807, 2.05) is 46.2 Å². The van der Waals surface area contributed by atoms with Crippen LogP contribution in [0.1, 0.15) is 137 Å². The van der Waals surface area contributed by atoms with Crippen molar-refractivity contribution in [1.82, 2.24) is 0 Å². The Morgan fingerprint density at radius 2 is 0.769 bits per heavy atom. The third kappa shape index (κ3) is 10.7. The van der Waals surface area contributed by atoms with E-state index in [4.69, 9.17) is 0 Å². The highest BCUT2D eigenvalue weighted by molar-refractivity contribution is 7.99. The molecule has 4 heteroatoms. The SMILES string of the molecule is CCCCCCCCCCc1cc2cc3cc(C=Cc4cc5cc6cc(CCCCCCCCCC)sc6cc5cc4SC)c(SC)cc3cc2s1. The molecule has 0 N–H and O–H groups in total. The number of rotatable bonds is 22. The number of fused-ring (bicyclic) bond motifs is 4. The first-order valence-electron chi connectivity index (χ1n) is 20.3. The van der Waals surface area contributed by atoms with Crippen LogP contribution in [0.5, 0.6) is 0 Å². The molecule has 6 aromatic rings. The van der Waals surface area contributed by atoms with Gasteiger partial charge in [0, 0.05) is 28.9 Å². The molecule has 6 rings (SSSR count). The molecule has 0 fully saturated rings. The molecule has 0 radical (unpaired) electrons. The number of unbranched alkanes of at least 4 members (excludes halogenated alkanes) is 14. The third-order valence-corrected chi connectivity index (χ3v) is 14.6. The number of hydrogen-bond donors (Lipinski definition) is 0. The van der Waals surface area contributed by atoms with Crippen molar-refractivity contribution in [2.24, 2.45) is 0 Å². The Morgan fingerprint density at radius 1 is 0.404 bits per heavy atom. The van der Waals surface area contributed by atoms with Gasteiger partial charge in [0.25, 0.3) is 0 Å². The molecule has 0 atom stereocenters. The standard InChI is InChI=1S/C48H60S4/c1-5-7-9-11-13-15-17-19-21-43-29-41-27-37-25-35(45(49-3)31-39(37)33-47(41)51-43)23-24-36-26-38-28-42-30-44(22-20-18-16-14-12-10-8-6-2)52-48(42)34-40(38)32-46(36)50-4/h23-34H,5-22H2,1-4H3. The summed E-state index contributed by atoms with van der Waals surface area (Å²) in [6, 6.07) is 24.3. The Morgan fingerprint density at radius 3 is 1.15 bits per heavy atom. The van der Waals surface area contributed by atoms with Gasteiger partial charge in [-0.05, 0) is 142 Å². The van der Waals surface area contributed by atoms with E-state index in [-0.39, 0.29) is 0 Å². The summed E-state index contributed by atoms with van der Waals surface area (Å²) in [7, 11) is 0. The van der Waals surface area contributed by atoms with Gasteiger partial charge in [-0.2, -0.15) is 0 Å². The van der Waals surface area contributed by atoms with Gasteiger partial charge >= 0.3 is 0 Å². The summed E-state index contributed by atoms with van der Waals surface area (Å²) in [6.45, 7) is 4.60. The molecule has 0 unspecified atom stereocenters. The van der Waals surface area contributed by atoms with E-state index < -0.39 is 0 Å². The molecule has 0 saturated heterocycles. The van der Waals surface area contributed by atoms with E-state index >= 15 is 0 Å². The molecule has 52 heavy (non-hydrogen) atoms. The van der Waals surface area contributed by atoms with Crippen LogP contribution in [0.3, 0.4) is 0 Å². The van der Waals surface area contributed by atoms with E-state index in [1.165, 1.54) is 178 Å². The van der Waals surface area contributed by atoms with Crippen LogP contribution in [-0.4, -0.2) is 12.5 Å². The van der Waals surface area contributed by atoms with E-state index in [0.29, 0.717) is 0 Å². The summed E-state index contributed by atoms with van der Waals surface area (Å²) in [6.07, 6.45) is 33.6. The number of thioether (sulfide) groups is 2. The second-order valence-electron chi connectivity index (χ2n) is 14.9. The van der Waals surface area contributed by atoms with E-state index in [2.05, 4.69) is 99.2 Å².